The minimum absolute atomic E-state index is 0.0254. The van der Waals surface area contributed by atoms with Crippen molar-refractivity contribution in [1.29, 1.82) is 0 Å². The number of benzene rings is 1. The van der Waals surface area contributed by atoms with Crippen molar-refractivity contribution in [1.82, 2.24) is 19.9 Å². The Morgan fingerprint density at radius 3 is 2.66 bits per heavy atom. The monoisotopic (exact) mass is 551 g/mol. The molecule has 13 heteroatoms. The van der Waals surface area contributed by atoms with E-state index < -0.39 is 17.6 Å². The number of carbonyl (C=O) groups excluding carboxylic acids is 1. The second kappa shape index (κ2) is 10.8. The van der Waals surface area contributed by atoms with Gasteiger partial charge in [-0.05, 0) is 31.5 Å². The number of aromatic nitrogens is 3. The number of hydrogen-bond donors (Lipinski definition) is 2. The molecule has 2 aromatic heterocycles. The molecule has 0 bridgehead atoms. The first-order chi connectivity index (χ1) is 17.9. The molecule has 3 aromatic rings. The molecule has 1 atom stereocenters. The second-order valence-corrected chi connectivity index (χ2v) is 9.75. The first-order valence-electron chi connectivity index (χ1n) is 12.2. The summed E-state index contributed by atoms with van der Waals surface area (Å²) in [7, 11) is 3.57. The number of fused-ring (bicyclic) bond motifs is 1. The summed E-state index contributed by atoms with van der Waals surface area (Å²) < 4.78 is 40.7. The Morgan fingerprint density at radius 1 is 1.32 bits per heavy atom. The third-order valence-electron chi connectivity index (χ3n) is 6.48. The van der Waals surface area contributed by atoms with Crippen molar-refractivity contribution in [3.63, 3.8) is 0 Å². The molecule has 1 aromatic carbocycles. The van der Waals surface area contributed by atoms with E-state index in [4.69, 9.17) is 11.6 Å². The van der Waals surface area contributed by atoms with Crippen LogP contribution in [0.4, 0.5) is 30.4 Å². The van der Waals surface area contributed by atoms with E-state index in [0.717, 1.165) is 18.2 Å². The highest BCUT2D eigenvalue weighted by molar-refractivity contribution is 6.33. The minimum atomic E-state index is -4.56. The largest absolute Gasteiger partial charge is 0.416 e. The molecule has 0 radical (unpaired) electrons. The summed E-state index contributed by atoms with van der Waals surface area (Å²) in [6, 6.07) is 2.76. The maximum absolute atomic E-state index is 13.8. The number of hydrogen-bond acceptors (Lipinski definition) is 7. The van der Waals surface area contributed by atoms with Crippen LogP contribution >= 0.6 is 11.6 Å². The molecule has 1 aliphatic rings. The summed E-state index contributed by atoms with van der Waals surface area (Å²) in [4.78, 5) is 39.8. The number of pyridine rings is 1. The van der Waals surface area contributed by atoms with Gasteiger partial charge in [-0.1, -0.05) is 18.5 Å². The van der Waals surface area contributed by atoms with Crippen molar-refractivity contribution < 1.29 is 18.0 Å². The van der Waals surface area contributed by atoms with Crippen molar-refractivity contribution in [2.24, 2.45) is 0 Å². The van der Waals surface area contributed by atoms with Gasteiger partial charge in [0.1, 0.15) is 18.1 Å². The third-order valence-corrected chi connectivity index (χ3v) is 6.79. The number of rotatable bonds is 6. The van der Waals surface area contributed by atoms with Crippen molar-refractivity contribution in [3.8, 4) is 0 Å². The summed E-state index contributed by atoms with van der Waals surface area (Å²) >= 11 is 6.04. The zero-order valence-corrected chi connectivity index (χ0v) is 22.2. The summed E-state index contributed by atoms with van der Waals surface area (Å²) in [5.41, 5.74) is 0.347. The Balaban J connectivity index is 1.80. The molecule has 1 saturated heterocycles. The molecule has 0 aliphatic carbocycles. The van der Waals surface area contributed by atoms with Gasteiger partial charge >= 0.3 is 6.18 Å². The SMILES string of the molecule is CCc1c(N2CCNCC2C)c(=O)c2nc(N(C)C)cnc2n1CC(=O)Nc1ccc(C(F)(F)F)cc1Cl. The van der Waals surface area contributed by atoms with Gasteiger partial charge in [0.05, 0.1) is 22.5 Å². The highest BCUT2D eigenvalue weighted by Crippen LogP contribution is 2.34. The third kappa shape index (κ3) is 5.41. The number of amides is 1. The van der Waals surface area contributed by atoms with E-state index in [0.29, 0.717) is 43.3 Å². The van der Waals surface area contributed by atoms with Crippen LogP contribution in [-0.2, 0) is 23.9 Å². The van der Waals surface area contributed by atoms with Crippen LogP contribution in [0.25, 0.3) is 11.2 Å². The molecule has 0 spiro atoms. The predicted octanol–water partition coefficient (Wildman–Crippen LogP) is 3.53. The highest BCUT2D eigenvalue weighted by Gasteiger charge is 2.31. The van der Waals surface area contributed by atoms with Crippen LogP contribution in [0, 0.1) is 0 Å². The normalized spacial score (nSPS) is 16.1. The van der Waals surface area contributed by atoms with Crippen LogP contribution in [0.15, 0.2) is 29.2 Å². The fraction of sp³-hybridized carbons (Fsp3) is 0.440. The fourth-order valence-corrected chi connectivity index (χ4v) is 4.79. The predicted molar refractivity (Wildman–Crippen MR) is 142 cm³/mol. The summed E-state index contributed by atoms with van der Waals surface area (Å²) in [6.07, 6.45) is -2.60. The fourth-order valence-electron chi connectivity index (χ4n) is 4.56. The van der Waals surface area contributed by atoms with Gasteiger partial charge in [-0.3, -0.25) is 9.59 Å². The molecule has 9 nitrogen and oxygen atoms in total. The number of piperazine rings is 1. The van der Waals surface area contributed by atoms with Crippen molar-refractivity contribution in [2.45, 2.75) is 39.0 Å². The Morgan fingerprint density at radius 2 is 2.05 bits per heavy atom. The topological polar surface area (TPSA) is 95.4 Å². The van der Waals surface area contributed by atoms with Crippen LogP contribution in [0.5, 0.6) is 0 Å². The lowest BCUT2D eigenvalue weighted by Gasteiger charge is -2.37. The molecule has 4 rings (SSSR count). The van der Waals surface area contributed by atoms with Crippen molar-refractivity contribution >= 4 is 45.9 Å². The molecule has 204 valence electrons. The van der Waals surface area contributed by atoms with E-state index >= 15 is 0 Å². The molecule has 1 fully saturated rings. The molecule has 3 heterocycles. The van der Waals surface area contributed by atoms with Gasteiger partial charge in [0.2, 0.25) is 11.3 Å². The van der Waals surface area contributed by atoms with Gasteiger partial charge < -0.3 is 25.0 Å². The molecule has 1 aliphatic heterocycles. The number of nitrogens with one attached hydrogen (secondary N) is 2. The lowest BCUT2D eigenvalue weighted by atomic mass is 10.1. The zero-order valence-electron chi connectivity index (χ0n) is 21.5. The number of nitrogens with zero attached hydrogens (tertiary/aromatic N) is 5. The van der Waals surface area contributed by atoms with Crippen molar-refractivity contribution in [2.75, 3.05) is 48.8 Å². The molecule has 2 N–H and O–H groups in total. The van der Waals surface area contributed by atoms with E-state index in [2.05, 4.69) is 20.6 Å². The Kier molecular flexibility index (Phi) is 7.84. The molecule has 1 unspecified atom stereocenters. The second-order valence-electron chi connectivity index (χ2n) is 9.35. The van der Waals surface area contributed by atoms with E-state index in [9.17, 15) is 22.8 Å². The molecular weight excluding hydrogens is 523 g/mol. The lowest BCUT2D eigenvalue weighted by Crippen LogP contribution is -2.52. The van der Waals surface area contributed by atoms with Crippen molar-refractivity contribution in [3.05, 3.63) is 50.9 Å². The van der Waals surface area contributed by atoms with Crippen LogP contribution in [-0.4, -0.2) is 60.2 Å². The van der Waals surface area contributed by atoms with Gasteiger partial charge in [0.15, 0.2) is 11.2 Å². The maximum Gasteiger partial charge on any atom is 0.416 e. The first-order valence-corrected chi connectivity index (χ1v) is 12.5. The Labute approximate surface area is 222 Å². The zero-order chi connectivity index (χ0) is 27.8. The Hall–Kier alpha value is -3.38. The van der Waals surface area contributed by atoms with Gasteiger partial charge in [0.25, 0.3) is 0 Å². The number of halogens is 4. The van der Waals surface area contributed by atoms with Gasteiger partial charge in [-0.2, -0.15) is 13.2 Å². The van der Waals surface area contributed by atoms with Gasteiger partial charge in [-0.25, -0.2) is 9.97 Å². The average Bonchev–Trinajstić information content (AvgIpc) is 2.86. The lowest BCUT2D eigenvalue weighted by molar-refractivity contribution is -0.137. The van der Waals surface area contributed by atoms with Crippen LogP contribution < -0.4 is 25.9 Å². The average molecular weight is 552 g/mol. The first kappa shape index (κ1) is 27.6. The van der Waals surface area contributed by atoms with Gasteiger partial charge in [0, 0.05) is 45.5 Å². The summed E-state index contributed by atoms with van der Waals surface area (Å²) in [6.45, 7) is 5.64. The van der Waals surface area contributed by atoms with Crippen LogP contribution in [0.2, 0.25) is 5.02 Å². The highest BCUT2D eigenvalue weighted by atomic mass is 35.5. The van der Waals surface area contributed by atoms with Crippen LogP contribution in [0.3, 0.4) is 0 Å². The maximum atomic E-state index is 13.8. The smallest absolute Gasteiger partial charge is 0.362 e. The van der Waals surface area contributed by atoms with E-state index in [1.807, 2.05) is 18.7 Å². The van der Waals surface area contributed by atoms with Crippen LogP contribution in [0.1, 0.15) is 25.1 Å². The van der Waals surface area contributed by atoms with E-state index in [1.54, 1.807) is 23.6 Å². The summed E-state index contributed by atoms with van der Waals surface area (Å²) in [5.74, 6) is -0.0465. The van der Waals surface area contributed by atoms with E-state index in [1.165, 1.54) is 6.20 Å². The molecular formula is C25H29ClF3N7O2. The standard InChI is InChI=1S/C25H29ClF3N7O2/c1-5-18-22(35-9-8-30-11-14(35)2)23(38)21-24(31-12-19(33-21)34(3)4)36(18)13-20(37)32-17-7-6-15(10-16(17)26)25(27,28)29/h6-7,10,12,14,30H,5,8-9,11,13H2,1-4H3,(H,32,37). The number of anilines is 3. The summed E-state index contributed by atoms with van der Waals surface area (Å²) in [5, 5.41) is 5.66. The molecule has 38 heavy (non-hydrogen) atoms. The number of alkyl halides is 3. The molecule has 0 saturated carbocycles. The quantitative estimate of drug-likeness (QED) is 0.484. The Bertz CT molecular complexity index is 1420. The number of carbonyl (C=O) groups is 1. The molecule has 1 amide bonds. The van der Waals surface area contributed by atoms with Gasteiger partial charge in [-0.15, -0.1) is 0 Å². The minimum Gasteiger partial charge on any atom is -0.362 e. The van der Waals surface area contributed by atoms with E-state index in [-0.39, 0.29) is 39.9 Å².